The quantitative estimate of drug-likeness (QED) is 0.501. The zero-order valence-electron chi connectivity index (χ0n) is 18.8. The van der Waals surface area contributed by atoms with Crippen LogP contribution in [0.4, 0.5) is 0 Å². The Morgan fingerprint density at radius 2 is 1.88 bits per heavy atom. The number of carbonyl (C=O) groups excluding carboxylic acids is 2. The number of aryl methyl sites for hydroxylation is 1. The first-order valence-corrected chi connectivity index (χ1v) is 12.3. The van der Waals surface area contributed by atoms with Crippen LogP contribution < -0.4 is 11.2 Å². The molecule has 4 rings (SSSR count). The lowest BCUT2D eigenvalue weighted by atomic mass is 10.1. The first-order valence-electron chi connectivity index (χ1n) is 11.5. The van der Waals surface area contributed by atoms with E-state index in [1.165, 1.54) is 4.90 Å². The second-order valence-corrected chi connectivity index (χ2v) is 9.57. The molecule has 1 atom stereocenters. The number of nitrogens with two attached hydrogens (primary N) is 1. The maximum atomic E-state index is 13.4. The first-order chi connectivity index (χ1) is 16.0. The smallest absolute Gasteiger partial charge is 0.260 e. The molecular weight excluding hydrogens is 434 g/mol. The number of amides is 2. The van der Waals surface area contributed by atoms with Gasteiger partial charge in [-0.15, -0.1) is 0 Å². The van der Waals surface area contributed by atoms with Crippen molar-refractivity contribution in [2.45, 2.75) is 61.4 Å². The molecule has 0 bridgehead atoms. The highest BCUT2D eigenvalue weighted by Crippen LogP contribution is 2.30. The molecule has 1 fully saturated rings. The lowest BCUT2D eigenvalue weighted by Gasteiger charge is -2.23. The fourth-order valence-corrected chi connectivity index (χ4v) is 5.26. The summed E-state index contributed by atoms with van der Waals surface area (Å²) >= 11 is 1.64. The summed E-state index contributed by atoms with van der Waals surface area (Å²) in [6.45, 7) is 3.29. The number of unbranched alkanes of at least 4 members (excludes halogenated alkanes) is 2. The first kappa shape index (κ1) is 23.1. The SMILES string of the molecule is CCCCCn1cc(C(=O)N2CCC[C@H]2C(N)=O)c(=O)c2ccc(Sc3ccccc3)cc21. The third-order valence-electron chi connectivity index (χ3n) is 6.11. The van der Waals surface area contributed by atoms with Gasteiger partial charge in [-0.2, -0.15) is 0 Å². The summed E-state index contributed by atoms with van der Waals surface area (Å²) in [7, 11) is 0. The topological polar surface area (TPSA) is 85.4 Å². The van der Waals surface area contributed by atoms with Gasteiger partial charge < -0.3 is 15.2 Å². The number of carbonyl (C=O) groups is 2. The van der Waals surface area contributed by atoms with E-state index >= 15 is 0 Å². The molecule has 6 nitrogen and oxygen atoms in total. The molecule has 0 radical (unpaired) electrons. The average Bonchev–Trinajstić information content (AvgIpc) is 3.31. The molecule has 0 aliphatic carbocycles. The van der Waals surface area contributed by atoms with Crippen molar-refractivity contribution < 1.29 is 9.59 Å². The van der Waals surface area contributed by atoms with Crippen molar-refractivity contribution in [2.75, 3.05) is 6.54 Å². The Hall–Kier alpha value is -3.06. The molecule has 0 unspecified atom stereocenters. The number of aromatic nitrogens is 1. The third-order valence-corrected chi connectivity index (χ3v) is 7.10. The van der Waals surface area contributed by atoms with Gasteiger partial charge in [0.1, 0.15) is 11.6 Å². The van der Waals surface area contributed by atoms with Gasteiger partial charge in [-0.25, -0.2) is 0 Å². The molecule has 33 heavy (non-hydrogen) atoms. The molecule has 1 aliphatic heterocycles. The van der Waals surface area contributed by atoms with E-state index in [1.807, 2.05) is 41.0 Å². The monoisotopic (exact) mass is 463 g/mol. The minimum absolute atomic E-state index is 0.107. The van der Waals surface area contributed by atoms with Crippen LogP contribution in [0.3, 0.4) is 0 Å². The number of pyridine rings is 1. The van der Waals surface area contributed by atoms with E-state index in [9.17, 15) is 14.4 Å². The highest BCUT2D eigenvalue weighted by atomic mass is 32.2. The Morgan fingerprint density at radius 1 is 1.09 bits per heavy atom. The zero-order valence-corrected chi connectivity index (χ0v) is 19.6. The maximum absolute atomic E-state index is 13.4. The highest BCUT2D eigenvalue weighted by molar-refractivity contribution is 7.99. The number of nitrogens with zero attached hydrogens (tertiary/aromatic N) is 2. The summed E-state index contributed by atoms with van der Waals surface area (Å²) in [5, 5.41) is 0.518. The predicted octanol–water partition coefficient (Wildman–Crippen LogP) is 4.43. The molecule has 2 heterocycles. The minimum atomic E-state index is -0.647. The van der Waals surface area contributed by atoms with Crippen molar-refractivity contribution in [1.29, 1.82) is 0 Å². The highest BCUT2D eigenvalue weighted by Gasteiger charge is 2.34. The lowest BCUT2D eigenvalue weighted by molar-refractivity contribution is -0.121. The number of hydrogen-bond donors (Lipinski definition) is 1. The van der Waals surface area contributed by atoms with Gasteiger partial charge in [-0.1, -0.05) is 49.7 Å². The molecule has 1 saturated heterocycles. The van der Waals surface area contributed by atoms with Crippen LogP contribution in [-0.2, 0) is 11.3 Å². The molecule has 0 spiro atoms. The Morgan fingerprint density at radius 3 is 2.61 bits per heavy atom. The zero-order chi connectivity index (χ0) is 23.4. The summed E-state index contributed by atoms with van der Waals surface area (Å²) in [4.78, 5) is 42.1. The molecular formula is C26H29N3O3S. The van der Waals surface area contributed by atoms with E-state index in [0.717, 1.165) is 34.6 Å². The van der Waals surface area contributed by atoms with Crippen LogP contribution in [0.1, 0.15) is 49.4 Å². The van der Waals surface area contributed by atoms with Crippen LogP contribution in [0.2, 0.25) is 0 Å². The molecule has 2 aromatic carbocycles. The number of likely N-dealkylation sites (tertiary alicyclic amines) is 1. The fourth-order valence-electron chi connectivity index (χ4n) is 4.39. The van der Waals surface area contributed by atoms with E-state index in [2.05, 4.69) is 19.1 Å². The maximum Gasteiger partial charge on any atom is 0.260 e. The van der Waals surface area contributed by atoms with Gasteiger partial charge in [0.25, 0.3) is 5.91 Å². The standard InChI is InChI=1S/C26H29N3O3S/c1-2-3-7-14-28-17-21(26(32)29-15-8-11-22(29)25(27)31)24(30)20-13-12-19(16-23(20)28)33-18-9-5-4-6-10-18/h4-6,9-10,12-13,16-17,22H,2-3,7-8,11,14-15H2,1H3,(H2,27,31)/t22-/m0/s1. The van der Waals surface area contributed by atoms with Crippen LogP contribution in [0.25, 0.3) is 10.9 Å². The summed E-state index contributed by atoms with van der Waals surface area (Å²) in [6, 6.07) is 15.2. The Labute approximate surface area is 197 Å². The second kappa shape index (κ2) is 10.3. The lowest BCUT2D eigenvalue weighted by Crippen LogP contribution is -2.45. The number of primary amides is 1. The molecule has 1 aliphatic rings. The van der Waals surface area contributed by atoms with Crippen molar-refractivity contribution in [1.82, 2.24) is 9.47 Å². The summed E-state index contributed by atoms with van der Waals surface area (Å²) < 4.78 is 2.02. The van der Waals surface area contributed by atoms with Gasteiger partial charge in [0.2, 0.25) is 11.3 Å². The largest absolute Gasteiger partial charge is 0.368 e. The van der Waals surface area contributed by atoms with E-state index < -0.39 is 17.9 Å². The van der Waals surface area contributed by atoms with Gasteiger partial charge in [-0.05, 0) is 49.6 Å². The molecule has 0 saturated carbocycles. The number of rotatable bonds is 8. The molecule has 2 N–H and O–H groups in total. The third kappa shape index (κ3) is 4.98. The number of hydrogen-bond acceptors (Lipinski definition) is 4. The predicted molar refractivity (Wildman–Crippen MR) is 132 cm³/mol. The minimum Gasteiger partial charge on any atom is -0.368 e. The van der Waals surface area contributed by atoms with E-state index in [1.54, 1.807) is 18.0 Å². The van der Waals surface area contributed by atoms with Gasteiger partial charge in [-0.3, -0.25) is 14.4 Å². The van der Waals surface area contributed by atoms with Crippen molar-refractivity contribution >= 4 is 34.5 Å². The van der Waals surface area contributed by atoms with E-state index in [4.69, 9.17) is 5.73 Å². The van der Waals surface area contributed by atoms with Crippen LogP contribution >= 0.6 is 11.8 Å². The number of fused-ring (bicyclic) bond motifs is 1. The molecule has 172 valence electrons. The van der Waals surface area contributed by atoms with Crippen molar-refractivity contribution in [3.63, 3.8) is 0 Å². The van der Waals surface area contributed by atoms with Crippen molar-refractivity contribution in [3.05, 3.63) is 70.5 Å². The van der Waals surface area contributed by atoms with Crippen LogP contribution in [0.15, 0.2) is 69.3 Å². The summed E-state index contributed by atoms with van der Waals surface area (Å²) in [6.07, 6.45) is 6.01. The van der Waals surface area contributed by atoms with E-state index in [0.29, 0.717) is 31.3 Å². The van der Waals surface area contributed by atoms with Crippen molar-refractivity contribution in [2.24, 2.45) is 5.73 Å². The van der Waals surface area contributed by atoms with Gasteiger partial charge in [0.15, 0.2) is 0 Å². The average molecular weight is 464 g/mol. The van der Waals surface area contributed by atoms with Crippen molar-refractivity contribution in [3.8, 4) is 0 Å². The van der Waals surface area contributed by atoms with Gasteiger partial charge in [0, 0.05) is 34.5 Å². The molecule has 2 amide bonds. The van der Waals surface area contributed by atoms with Crippen LogP contribution in [0, 0.1) is 0 Å². The summed E-state index contributed by atoms with van der Waals surface area (Å²) in [5.41, 5.74) is 6.13. The Kier molecular flexibility index (Phi) is 7.18. The van der Waals surface area contributed by atoms with E-state index in [-0.39, 0.29) is 11.0 Å². The normalized spacial score (nSPS) is 15.8. The summed E-state index contributed by atoms with van der Waals surface area (Å²) in [5.74, 6) is -0.928. The fraction of sp³-hybridized carbons (Fsp3) is 0.346. The number of benzene rings is 2. The molecule has 7 heteroatoms. The van der Waals surface area contributed by atoms with Crippen LogP contribution in [0.5, 0.6) is 0 Å². The Balaban J connectivity index is 1.76. The Bertz CT molecular complexity index is 1220. The van der Waals surface area contributed by atoms with Crippen LogP contribution in [-0.4, -0.2) is 33.9 Å². The molecule has 1 aromatic heterocycles. The molecule has 3 aromatic rings. The van der Waals surface area contributed by atoms with Gasteiger partial charge >= 0.3 is 0 Å². The second-order valence-electron chi connectivity index (χ2n) is 8.43. The van der Waals surface area contributed by atoms with Gasteiger partial charge in [0.05, 0.1) is 5.52 Å².